The van der Waals surface area contributed by atoms with Crippen LogP contribution in [-0.2, 0) is 11.2 Å². The lowest BCUT2D eigenvalue weighted by Gasteiger charge is -2.14. The van der Waals surface area contributed by atoms with Crippen molar-refractivity contribution in [2.75, 3.05) is 0 Å². The molecule has 1 N–H and O–H groups in total. The summed E-state index contributed by atoms with van der Waals surface area (Å²) in [7, 11) is 0. The van der Waals surface area contributed by atoms with Crippen molar-refractivity contribution in [3.05, 3.63) is 35.4 Å². The van der Waals surface area contributed by atoms with Crippen LogP contribution < -0.4 is 0 Å². The smallest absolute Gasteiger partial charge is 0.306 e. The molecule has 2 nitrogen and oxygen atoms in total. The van der Waals surface area contributed by atoms with Crippen molar-refractivity contribution < 1.29 is 9.90 Å². The highest BCUT2D eigenvalue weighted by Crippen LogP contribution is 2.19. The summed E-state index contributed by atoms with van der Waals surface area (Å²) in [4.78, 5) is 11.3. The molecule has 0 saturated heterocycles. The first-order chi connectivity index (χ1) is 8.50. The third-order valence-electron chi connectivity index (χ3n) is 3.41. The molecule has 0 heterocycles. The van der Waals surface area contributed by atoms with Gasteiger partial charge in [0.2, 0.25) is 0 Å². The highest BCUT2D eigenvalue weighted by molar-refractivity contribution is 5.70. The lowest BCUT2D eigenvalue weighted by atomic mass is 9.91. The molecule has 2 heteroatoms. The maximum atomic E-state index is 11.3. The van der Waals surface area contributed by atoms with Crippen LogP contribution in [0.1, 0.15) is 44.2 Å². The third kappa shape index (κ3) is 4.91. The maximum Gasteiger partial charge on any atom is 0.306 e. The first-order valence-corrected chi connectivity index (χ1v) is 6.78. The molecule has 1 rings (SSSR count). The van der Waals surface area contributed by atoms with Gasteiger partial charge in [0.05, 0.1) is 5.92 Å². The zero-order valence-corrected chi connectivity index (χ0v) is 11.6. The molecule has 0 saturated carbocycles. The van der Waals surface area contributed by atoms with E-state index in [1.54, 1.807) is 0 Å². The summed E-state index contributed by atoms with van der Waals surface area (Å²) in [5.41, 5.74) is 2.35. The van der Waals surface area contributed by atoms with Gasteiger partial charge in [-0.25, -0.2) is 0 Å². The molecule has 1 unspecified atom stereocenters. The first-order valence-electron chi connectivity index (χ1n) is 6.78. The Kier molecular flexibility index (Phi) is 5.90. The first kappa shape index (κ1) is 14.7. The zero-order chi connectivity index (χ0) is 13.5. The van der Waals surface area contributed by atoms with Crippen molar-refractivity contribution in [3.8, 4) is 0 Å². The van der Waals surface area contributed by atoms with Gasteiger partial charge in [-0.3, -0.25) is 4.79 Å². The van der Waals surface area contributed by atoms with E-state index >= 15 is 0 Å². The molecule has 1 aromatic rings. The summed E-state index contributed by atoms with van der Waals surface area (Å²) in [6, 6.07) is 8.05. The van der Waals surface area contributed by atoms with Crippen molar-refractivity contribution in [2.45, 2.75) is 46.5 Å². The van der Waals surface area contributed by atoms with Gasteiger partial charge in [0.15, 0.2) is 0 Å². The van der Waals surface area contributed by atoms with Crippen LogP contribution in [-0.4, -0.2) is 11.1 Å². The molecule has 1 aromatic carbocycles. The molecule has 18 heavy (non-hydrogen) atoms. The van der Waals surface area contributed by atoms with Crippen LogP contribution in [0.15, 0.2) is 24.3 Å². The number of hydrogen-bond acceptors (Lipinski definition) is 1. The maximum absolute atomic E-state index is 11.3. The van der Waals surface area contributed by atoms with E-state index in [1.165, 1.54) is 5.56 Å². The highest BCUT2D eigenvalue weighted by atomic mass is 16.4. The van der Waals surface area contributed by atoms with Crippen LogP contribution in [0.4, 0.5) is 0 Å². The fraction of sp³-hybridized carbons (Fsp3) is 0.562. The van der Waals surface area contributed by atoms with Crippen LogP contribution in [0.25, 0.3) is 0 Å². The number of aliphatic carboxylic acids is 1. The number of rotatable bonds is 7. The Morgan fingerprint density at radius 2 is 1.89 bits per heavy atom. The van der Waals surface area contributed by atoms with Crippen LogP contribution in [0.5, 0.6) is 0 Å². The Labute approximate surface area is 110 Å². The fourth-order valence-electron chi connectivity index (χ4n) is 2.19. The van der Waals surface area contributed by atoms with Crippen LogP contribution in [0.3, 0.4) is 0 Å². The molecule has 0 amide bonds. The summed E-state index contributed by atoms with van der Waals surface area (Å²) in [5.74, 6) is -0.259. The minimum Gasteiger partial charge on any atom is -0.481 e. The van der Waals surface area contributed by atoms with E-state index in [4.69, 9.17) is 0 Å². The van der Waals surface area contributed by atoms with Crippen LogP contribution >= 0.6 is 0 Å². The van der Waals surface area contributed by atoms with Crippen LogP contribution in [0, 0.1) is 18.8 Å². The molecule has 0 aliphatic rings. The summed E-state index contributed by atoms with van der Waals surface area (Å²) < 4.78 is 0. The predicted molar refractivity (Wildman–Crippen MR) is 74.7 cm³/mol. The van der Waals surface area contributed by atoms with Gasteiger partial charge in [-0.15, -0.1) is 0 Å². The van der Waals surface area contributed by atoms with Crippen molar-refractivity contribution in [2.24, 2.45) is 11.8 Å². The van der Waals surface area contributed by atoms with E-state index < -0.39 is 5.97 Å². The third-order valence-corrected chi connectivity index (χ3v) is 3.41. The van der Waals surface area contributed by atoms with Gasteiger partial charge >= 0.3 is 5.97 Å². The van der Waals surface area contributed by atoms with Gasteiger partial charge in [-0.2, -0.15) is 0 Å². The summed E-state index contributed by atoms with van der Waals surface area (Å²) in [6.45, 7) is 6.40. The Morgan fingerprint density at radius 1 is 1.22 bits per heavy atom. The van der Waals surface area contributed by atoms with E-state index in [2.05, 4.69) is 13.8 Å². The minimum atomic E-state index is -0.665. The van der Waals surface area contributed by atoms with Gasteiger partial charge in [0, 0.05) is 0 Å². The molecule has 0 spiro atoms. The normalized spacial score (nSPS) is 12.7. The van der Waals surface area contributed by atoms with E-state index in [0.29, 0.717) is 12.3 Å². The molecule has 100 valence electrons. The highest BCUT2D eigenvalue weighted by Gasteiger charge is 2.18. The van der Waals surface area contributed by atoms with Crippen molar-refractivity contribution in [1.82, 2.24) is 0 Å². The zero-order valence-electron chi connectivity index (χ0n) is 11.6. The number of hydrogen-bond donors (Lipinski definition) is 1. The van der Waals surface area contributed by atoms with Gasteiger partial charge in [0.25, 0.3) is 0 Å². The van der Waals surface area contributed by atoms with Crippen molar-refractivity contribution >= 4 is 5.97 Å². The van der Waals surface area contributed by atoms with Gasteiger partial charge in [-0.05, 0) is 36.8 Å². The molecule has 0 aromatic heterocycles. The number of carboxylic acid groups (broad SMARTS) is 1. The Morgan fingerprint density at radius 3 is 2.44 bits per heavy atom. The summed E-state index contributed by atoms with van der Waals surface area (Å²) in [6.07, 6.45) is 3.54. The second-order valence-corrected chi connectivity index (χ2v) is 5.49. The molecular formula is C16H24O2. The van der Waals surface area contributed by atoms with Crippen molar-refractivity contribution in [3.63, 3.8) is 0 Å². The van der Waals surface area contributed by atoms with E-state index in [0.717, 1.165) is 24.8 Å². The minimum absolute atomic E-state index is 0.246. The number of aryl methyl sites for hydroxylation is 1. The van der Waals surface area contributed by atoms with Gasteiger partial charge < -0.3 is 5.11 Å². The largest absolute Gasteiger partial charge is 0.481 e. The van der Waals surface area contributed by atoms with E-state index in [-0.39, 0.29) is 5.92 Å². The Balaban J connectivity index is 2.58. The number of carbonyl (C=O) groups is 1. The number of benzene rings is 1. The lowest BCUT2D eigenvalue weighted by molar-refractivity contribution is -0.142. The molecule has 0 fully saturated rings. The van der Waals surface area contributed by atoms with Gasteiger partial charge in [-0.1, -0.05) is 51.0 Å². The molecule has 0 bridgehead atoms. The SMILES string of the molecule is Cc1ccccc1CC(CCCC(C)C)C(=O)O. The fourth-order valence-corrected chi connectivity index (χ4v) is 2.19. The summed E-state index contributed by atoms with van der Waals surface area (Å²) >= 11 is 0. The molecule has 0 radical (unpaired) electrons. The molecular weight excluding hydrogens is 224 g/mol. The lowest BCUT2D eigenvalue weighted by Crippen LogP contribution is -2.17. The van der Waals surface area contributed by atoms with Gasteiger partial charge in [0.1, 0.15) is 0 Å². The standard InChI is InChI=1S/C16H24O2/c1-12(2)7-6-10-15(16(17)18)11-14-9-5-4-8-13(14)3/h4-5,8-9,12,15H,6-7,10-11H2,1-3H3,(H,17,18). The topological polar surface area (TPSA) is 37.3 Å². The molecule has 0 aliphatic heterocycles. The average Bonchev–Trinajstić information content (AvgIpc) is 2.29. The predicted octanol–water partition coefficient (Wildman–Crippen LogP) is 4.06. The quantitative estimate of drug-likeness (QED) is 0.790. The molecule has 0 aliphatic carbocycles. The second-order valence-electron chi connectivity index (χ2n) is 5.49. The Hall–Kier alpha value is -1.31. The average molecular weight is 248 g/mol. The molecule has 1 atom stereocenters. The Bertz CT molecular complexity index is 382. The monoisotopic (exact) mass is 248 g/mol. The van der Waals surface area contributed by atoms with E-state index in [1.807, 2.05) is 31.2 Å². The van der Waals surface area contributed by atoms with E-state index in [9.17, 15) is 9.90 Å². The van der Waals surface area contributed by atoms with Crippen molar-refractivity contribution in [1.29, 1.82) is 0 Å². The number of carboxylic acids is 1. The van der Waals surface area contributed by atoms with Crippen LogP contribution in [0.2, 0.25) is 0 Å². The second kappa shape index (κ2) is 7.20. The summed E-state index contributed by atoms with van der Waals surface area (Å²) in [5, 5.41) is 9.29.